The van der Waals surface area contributed by atoms with Crippen molar-refractivity contribution in [3.05, 3.63) is 59.2 Å². The van der Waals surface area contributed by atoms with E-state index < -0.39 is 17.4 Å². The van der Waals surface area contributed by atoms with Gasteiger partial charge in [0.25, 0.3) is 0 Å². The highest BCUT2D eigenvalue weighted by atomic mass is 16.2. The van der Waals surface area contributed by atoms with E-state index in [1.54, 1.807) is 0 Å². The van der Waals surface area contributed by atoms with E-state index in [9.17, 15) is 14.4 Å². The molecule has 3 aliphatic heterocycles. The average molecular weight is 403 g/mol. The van der Waals surface area contributed by atoms with Gasteiger partial charge >= 0.3 is 0 Å². The van der Waals surface area contributed by atoms with Crippen LogP contribution >= 0.6 is 0 Å². The SMILES string of the molecule is Cc1cccc(C)c1N1C(=O)[C@@H]2[C@@H](C1=O)[C@@]1(N[C@H]2C(C)C)C(=O)Nc2ccccc21. The molecule has 2 fully saturated rings. The Balaban J connectivity index is 1.72. The summed E-state index contributed by atoms with van der Waals surface area (Å²) >= 11 is 0. The number of amides is 3. The van der Waals surface area contributed by atoms with E-state index in [0.29, 0.717) is 11.4 Å². The van der Waals surface area contributed by atoms with Crippen molar-refractivity contribution in [2.45, 2.75) is 39.3 Å². The van der Waals surface area contributed by atoms with E-state index in [1.165, 1.54) is 4.90 Å². The van der Waals surface area contributed by atoms with Crippen molar-refractivity contribution in [3.8, 4) is 0 Å². The highest BCUT2D eigenvalue weighted by Gasteiger charge is 2.71. The van der Waals surface area contributed by atoms with E-state index in [-0.39, 0.29) is 29.7 Å². The summed E-state index contributed by atoms with van der Waals surface area (Å²) in [7, 11) is 0. The van der Waals surface area contributed by atoms with Crippen LogP contribution in [0.1, 0.15) is 30.5 Å². The number of aryl methyl sites for hydroxylation is 2. The standard InChI is InChI=1S/C24H25N3O3/c1-12(2)19-17-18(24(26-19)15-10-5-6-11-16(15)25-23(24)30)22(29)27(21(17)28)20-13(3)8-7-9-14(20)4/h5-12,17-19,26H,1-4H3,(H,25,30)/t17-,18+,19+,24-/m1/s1. The number of nitrogens with zero attached hydrogens (tertiary/aromatic N) is 1. The van der Waals surface area contributed by atoms with E-state index in [0.717, 1.165) is 16.7 Å². The number of rotatable bonds is 2. The maximum Gasteiger partial charge on any atom is 0.250 e. The van der Waals surface area contributed by atoms with Crippen molar-refractivity contribution in [1.82, 2.24) is 5.32 Å². The first-order valence-corrected chi connectivity index (χ1v) is 10.4. The third-order valence-electron chi connectivity index (χ3n) is 6.94. The van der Waals surface area contributed by atoms with Gasteiger partial charge < -0.3 is 5.32 Å². The number of hydrogen-bond donors (Lipinski definition) is 2. The minimum Gasteiger partial charge on any atom is -0.324 e. The molecule has 1 spiro atoms. The van der Waals surface area contributed by atoms with Gasteiger partial charge in [0.2, 0.25) is 17.7 Å². The molecule has 2 saturated heterocycles. The molecule has 30 heavy (non-hydrogen) atoms. The van der Waals surface area contributed by atoms with Crippen LogP contribution in [0, 0.1) is 31.6 Å². The third kappa shape index (κ3) is 2.20. The van der Waals surface area contributed by atoms with Crippen molar-refractivity contribution >= 4 is 29.1 Å². The molecule has 2 aromatic rings. The first-order chi connectivity index (χ1) is 14.3. The normalized spacial score (nSPS) is 29.7. The monoisotopic (exact) mass is 403 g/mol. The van der Waals surface area contributed by atoms with Gasteiger partial charge in [-0.1, -0.05) is 50.2 Å². The summed E-state index contributed by atoms with van der Waals surface area (Å²) in [6, 6.07) is 12.9. The Morgan fingerprint density at radius 1 is 0.933 bits per heavy atom. The Hall–Kier alpha value is -2.99. The van der Waals surface area contributed by atoms with Gasteiger partial charge in [0.05, 0.1) is 17.5 Å². The summed E-state index contributed by atoms with van der Waals surface area (Å²) in [5.74, 6) is -2.07. The highest BCUT2D eigenvalue weighted by molar-refractivity contribution is 6.26. The summed E-state index contributed by atoms with van der Waals surface area (Å²) < 4.78 is 0. The lowest BCUT2D eigenvalue weighted by atomic mass is 9.76. The van der Waals surface area contributed by atoms with E-state index >= 15 is 0 Å². The van der Waals surface area contributed by atoms with Gasteiger partial charge in [-0.3, -0.25) is 19.7 Å². The van der Waals surface area contributed by atoms with Crippen LogP contribution in [0.15, 0.2) is 42.5 Å². The van der Waals surface area contributed by atoms with E-state index in [4.69, 9.17) is 0 Å². The van der Waals surface area contributed by atoms with Gasteiger partial charge in [-0.2, -0.15) is 0 Å². The van der Waals surface area contributed by atoms with Gasteiger partial charge in [-0.05, 0) is 37.0 Å². The van der Waals surface area contributed by atoms with Crippen LogP contribution in [-0.2, 0) is 19.9 Å². The molecule has 3 amide bonds. The Bertz CT molecular complexity index is 1090. The summed E-state index contributed by atoms with van der Waals surface area (Å²) in [6.07, 6.45) is 0. The molecular weight excluding hydrogens is 378 g/mol. The summed E-state index contributed by atoms with van der Waals surface area (Å²) in [5.41, 5.74) is 2.61. The van der Waals surface area contributed by atoms with Gasteiger partial charge in [0, 0.05) is 17.3 Å². The fraction of sp³-hybridized carbons (Fsp3) is 0.375. The number of carbonyl (C=O) groups excluding carboxylic acids is 3. The quantitative estimate of drug-likeness (QED) is 0.756. The van der Waals surface area contributed by atoms with Crippen LogP contribution in [0.2, 0.25) is 0 Å². The number of nitrogens with one attached hydrogen (secondary N) is 2. The zero-order chi connectivity index (χ0) is 21.4. The molecule has 4 atom stereocenters. The van der Waals surface area contributed by atoms with Crippen LogP contribution in [0.5, 0.6) is 0 Å². The van der Waals surface area contributed by atoms with Crippen molar-refractivity contribution < 1.29 is 14.4 Å². The Morgan fingerprint density at radius 2 is 1.60 bits per heavy atom. The number of benzene rings is 2. The number of carbonyl (C=O) groups is 3. The van der Waals surface area contributed by atoms with E-state index in [2.05, 4.69) is 10.6 Å². The molecule has 6 nitrogen and oxygen atoms in total. The Kier molecular flexibility index (Phi) is 3.96. The lowest BCUT2D eigenvalue weighted by molar-refractivity contribution is -0.130. The summed E-state index contributed by atoms with van der Waals surface area (Å²) in [5, 5.41) is 6.39. The third-order valence-corrected chi connectivity index (χ3v) is 6.94. The van der Waals surface area contributed by atoms with Gasteiger partial charge in [0.15, 0.2) is 0 Å². The van der Waals surface area contributed by atoms with Crippen LogP contribution in [0.25, 0.3) is 0 Å². The first-order valence-electron chi connectivity index (χ1n) is 10.4. The second kappa shape index (κ2) is 6.25. The first kappa shape index (κ1) is 19.0. The molecule has 2 N–H and O–H groups in total. The lowest BCUT2D eigenvalue weighted by Crippen LogP contribution is -2.54. The average Bonchev–Trinajstić information content (AvgIpc) is 3.29. The second-order valence-electron chi connectivity index (χ2n) is 8.98. The van der Waals surface area contributed by atoms with Crippen molar-refractivity contribution in [1.29, 1.82) is 0 Å². The maximum atomic E-state index is 13.9. The predicted octanol–water partition coefficient (Wildman–Crippen LogP) is 2.88. The molecule has 6 heteroatoms. The van der Waals surface area contributed by atoms with Gasteiger partial charge in [-0.25, -0.2) is 4.90 Å². The molecule has 0 bridgehead atoms. The molecular formula is C24H25N3O3. The van der Waals surface area contributed by atoms with Crippen LogP contribution in [0.4, 0.5) is 11.4 Å². The Labute approximate surface area is 175 Å². The summed E-state index contributed by atoms with van der Waals surface area (Å²) in [4.78, 5) is 42.3. The molecule has 154 valence electrons. The van der Waals surface area contributed by atoms with E-state index in [1.807, 2.05) is 70.2 Å². The molecule has 0 radical (unpaired) electrons. The largest absolute Gasteiger partial charge is 0.324 e. The molecule has 3 aliphatic rings. The molecule has 0 aromatic heterocycles. The zero-order valence-electron chi connectivity index (χ0n) is 17.5. The predicted molar refractivity (Wildman–Crippen MR) is 114 cm³/mol. The fourth-order valence-electron chi connectivity index (χ4n) is 5.64. The smallest absolute Gasteiger partial charge is 0.250 e. The molecule has 0 aliphatic carbocycles. The summed E-state index contributed by atoms with van der Waals surface area (Å²) in [6.45, 7) is 7.85. The van der Waals surface area contributed by atoms with Gasteiger partial charge in [0.1, 0.15) is 5.54 Å². The second-order valence-corrected chi connectivity index (χ2v) is 8.98. The van der Waals surface area contributed by atoms with Gasteiger partial charge in [-0.15, -0.1) is 0 Å². The highest BCUT2D eigenvalue weighted by Crippen LogP contribution is 2.54. The van der Waals surface area contributed by atoms with Crippen molar-refractivity contribution in [2.24, 2.45) is 17.8 Å². The van der Waals surface area contributed by atoms with Crippen molar-refractivity contribution in [3.63, 3.8) is 0 Å². The van der Waals surface area contributed by atoms with Crippen molar-refractivity contribution in [2.75, 3.05) is 10.2 Å². The number of fused-ring (bicyclic) bond motifs is 4. The van der Waals surface area contributed by atoms with Crippen LogP contribution in [0.3, 0.4) is 0 Å². The van der Waals surface area contributed by atoms with Crippen LogP contribution in [-0.4, -0.2) is 23.8 Å². The zero-order valence-corrected chi connectivity index (χ0v) is 17.5. The molecule has 5 rings (SSSR count). The number of anilines is 2. The molecule has 0 saturated carbocycles. The number of para-hydroxylation sites is 2. The minimum absolute atomic E-state index is 0.0760. The number of imide groups is 1. The minimum atomic E-state index is -1.23. The molecule has 2 aromatic carbocycles. The van der Waals surface area contributed by atoms with Crippen LogP contribution < -0.4 is 15.5 Å². The maximum absolute atomic E-state index is 13.9. The lowest BCUT2D eigenvalue weighted by Gasteiger charge is -2.31. The fourth-order valence-corrected chi connectivity index (χ4v) is 5.64. The molecule has 0 unspecified atom stereocenters. The molecule has 3 heterocycles. The number of hydrogen-bond acceptors (Lipinski definition) is 4. The Morgan fingerprint density at radius 3 is 2.27 bits per heavy atom. The topological polar surface area (TPSA) is 78.5 Å².